The molecule has 132 valence electrons. The number of carbonyl (C=O) groups is 1. The van der Waals surface area contributed by atoms with Crippen molar-refractivity contribution >= 4 is 11.9 Å². The van der Waals surface area contributed by atoms with Gasteiger partial charge in [0.1, 0.15) is 0 Å². The smallest absolute Gasteiger partial charge is 0.232 e. The van der Waals surface area contributed by atoms with E-state index in [0.717, 1.165) is 45.6 Å². The molecule has 6 nitrogen and oxygen atoms in total. The summed E-state index contributed by atoms with van der Waals surface area (Å²) in [6.45, 7) is 7.08. The van der Waals surface area contributed by atoms with Crippen molar-refractivity contribution < 1.29 is 4.79 Å². The van der Waals surface area contributed by atoms with Crippen LogP contribution in [-0.2, 0) is 4.79 Å². The molecule has 24 heavy (non-hydrogen) atoms. The van der Waals surface area contributed by atoms with Gasteiger partial charge in [-0.2, -0.15) is 0 Å². The highest BCUT2D eigenvalue weighted by molar-refractivity contribution is 5.93. The number of amides is 1. The molecule has 1 amide bonds. The van der Waals surface area contributed by atoms with Crippen LogP contribution < -0.4 is 10.2 Å². The monoisotopic (exact) mass is 331 g/mol. The third-order valence-electron chi connectivity index (χ3n) is 5.32. The third-order valence-corrected chi connectivity index (χ3v) is 5.32. The van der Waals surface area contributed by atoms with Gasteiger partial charge in [-0.1, -0.05) is 19.3 Å². The Morgan fingerprint density at radius 2 is 1.88 bits per heavy atom. The van der Waals surface area contributed by atoms with Crippen LogP contribution in [0, 0.1) is 0 Å². The highest BCUT2D eigenvalue weighted by atomic mass is 16.2. The lowest BCUT2D eigenvalue weighted by molar-refractivity contribution is -0.120. The van der Waals surface area contributed by atoms with Gasteiger partial charge in [-0.3, -0.25) is 9.69 Å². The molecule has 0 bridgehead atoms. The number of anilines is 1. The zero-order valence-electron chi connectivity index (χ0n) is 14.7. The molecule has 2 heterocycles. The normalized spacial score (nSPS) is 21.4. The fourth-order valence-electron chi connectivity index (χ4n) is 3.90. The molecular weight excluding hydrogens is 302 g/mol. The highest BCUT2D eigenvalue weighted by Gasteiger charge is 2.38. The first-order valence-electron chi connectivity index (χ1n) is 9.22. The Morgan fingerprint density at radius 3 is 2.54 bits per heavy atom. The number of piperazine rings is 1. The van der Waals surface area contributed by atoms with Crippen LogP contribution in [0.2, 0.25) is 0 Å². The van der Waals surface area contributed by atoms with Crippen LogP contribution in [0.15, 0.2) is 18.5 Å². The number of nitrogens with zero attached hydrogens (tertiary/aromatic N) is 4. The van der Waals surface area contributed by atoms with Gasteiger partial charge in [-0.25, -0.2) is 9.97 Å². The lowest BCUT2D eigenvalue weighted by atomic mass is 9.81. The molecule has 1 aromatic rings. The Labute approximate surface area is 144 Å². The number of hydrogen-bond acceptors (Lipinski definition) is 5. The maximum atomic E-state index is 13.1. The molecule has 1 aromatic heterocycles. The first-order valence-corrected chi connectivity index (χ1v) is 9.22. The summed E-state index contributed by atoms with van der Waals surface area (Å²) < 4.78 is 0. The van der Waals surface area contributed by atoms with Gasteiger partial charge < -0.3 is 10.2 Å². The highest BCUT2D eigenvalue weighted by Crippen LogP contribution is 2.35. The lowest BCUT2D eigenvalue weighted by Gasteiger charge is -2.43. The van der Waals surface area contributed by atoms with Crippen LogP contribution in [0.4, 0.5) is 5.95 Å². The van der Waals surface area contributed by atoms with E-state index in [1.54, 1.807) is 18.5 Å². The summed E-state index contributed by atoms with van der Waals surface area (Å²) in [5, 5.41) is 3.35. The number of hydrogen-bond donors (Lipinski definition) is 1. The molecule has 1 aliphatic carbocycles. The SMILES string of the molecule is CC1(N(C(=O)CCN2CCNCC2)c2ncccn2)CCCCC1. The predicted octanol–water partition coefficient (Wildman–Crippen LogP) is 1.83. The lowest BCUT2D eigenvalue weighted by Crippen LogP contribution is -2.53. The Balaban J connectivity index is 1.72. The second kappa shape index (κ2) is 8.03. The van der Waals surface area contributed by atoms with Gasteiger partial charge in [0.15, 0.2) is 0 Å². The molecule has 1 saturated carbocycles. The minimum Gasteiger partial charge on any atom is -0.314 e. The largest absolute Gasteiger partial charge is 0.314 e. The van der Waals surface area contributed by atoms with Crippen molar-refractivity contribution in [1.29, 1.82) is 0 Å². The van der Waals surface area contributed by atoms with E-state index in [9.17, 15) is 4.79 Å². The van der Waals surface area contributed by atoms with Gasteiger partial charge in [-0.05, 0) is 25.8 Å². The molecule has 1 N–H and O–H groups in total. The van der Waals surface area contributed by atoms with Gasteiger partial charge in [0.2, 0.25) is 11.9 Å². The van der Waals surface area contributed by atoms with E-state index in [-0.39, 0.29) is 11.4 Å². The Hall–Kier alpha value is -1.53. The van der Waals surface area contributed by atoms with Gasteiger partial charge in [0.05, 0.1) is 0 Å². The first kappa shape index (κ1) is 17.3. The van der Waals surface area contributed by atoms with Crippen molar-refractivity contribution in [1.82, 2.24) is 20.2 Å². The van der Waals surface area contributed by atoms with E-state index in [2.05, 4.69) is 27.1 Å². The van der Waals surface area contributed by atoms with Crippen molar-refractivity contribution in [2.45, 2.75) is 51.0 Å². The zero-order valence-corrected chi connectivity index (χ0v) is 14.7. The fraction of sp³-hybridized carbons (Fsp3) is 0.722. The minimum absolute atomic E-state index is 0.153. The molecule has 6 heteroatoms. The number of aromatic nitrogens is 2. The molecule has 2 aliphatic rings. The molecule has 0 spiro atoms. The fourth-order valence-corrected chi connectivity index (χ4v) is 3.90. The Morgan fingerprint density at radius 1 is 1.21 bits per heavy atom. The average Bonchev–Trinajstić information content (AvgIpc) is 2.62. The number of carbonyl (C=O) groups excluding carboxylic acids is 1. The van der Waals surface area contributed by atoms with Crippen LogP contribution in [0.5, 0.6) is 0 Å². The Bertz CT molecular complexity index is 523. The van der Waals surface area contributed by atoms with Crippen LogP contribution >= 0.6 is 0 Å². The number of rotatable bonds is 5. The summed E-state index contributed by atoms with van der Waals surface area (Å²) in [4.78, 5) is 26.1. The molecule has 1 aliphatic heterocycles. The summed E-state index contributed by atoms with van der Waals surface area (Å²) in [7, 11) is 0. The van der Waals surface area contributed by atoms with E-state index in [1.807, 2.05) is 4.90 Å². The second-order valence-electron chi connectivity index (χ2n) is 7.18. The van der Waals surface area contributed by atoms with Crippen LogP contribution in [0.25, 0.3) is 0 Å². The van der Waals surface area contributed by atoms with Crippen molar-refractivity contribution in [2.24, 2.45) is 0 Å². The topological polar surface area (TPSA) is 61.4 Å². The Kier molecular flexibility index (Phi) is 5.79. The molecule has 1 saturated heterocycles. The maximum absolute atomic E-state index is 13.1. The third kappa shape index (κ3) is 4.11. The maximum Gasteiger partial charge on any atom is 0.232 e. The van der Waals surface area contributed by atoms with E-state index in [4.69, 9.17) is 0 Å². The minimum atomic E-state index is -0.153. The summed E-state index contributed by atoms with van der Waals surface area (Å²) in [6.07, 6.45) is 9.66. The quantitative estimate of drug-likeness (QED) is 0.892. The molecule has 3 rings (SSSR count). The number of nitrogens with one attached hydrogen (secondary N) is 1. The van der Waals surface area contributed by atoms with Gasteiger partial charge in [0.25, 0.3) is 0 Å². The summed E-state index contributed by atoms with van der Waals surface area (Å²) in [6, 6.07) is 1.80. The van der Waals surface area contributed by atoms with E-state index in [0.29, 0.717) is 12.4 Å². The first-order chi connectivity index (χ1) is 11.7. The molecular formula is C18H29N5O. The summed E-state index contributed by atoms with van der Waals surface area (Å²) >= 11 is 0. The van der Waals surface area contributed by atoms with E-state index >= 15 is 0 Å². The second-order valence-corrected chi connectivity index (χ2v) is 7.18. The van der Waals surface area contributed by atoms with E-state index < -0.39 is 0 Å². The predicted molar refractivity (Wildman–Crippen MR) is 94.9 cm³/mol. The summed E-state index contributed by atoms with van der Waals surface area (Å²) in [5.41, 5.74) is -0.153. The van der Waals surface area contributed by atoms with Crippen molar-refractivity contribution in [2.75, 3.05) is 37.6 Å². The van der Waals surface area contributed by atoms with Crippen LogP contribution in [0.3, 0.4) is 0 Å². The summed E-state index contributed by atoms with van der Waals surface area (Å²) in [5.74, 6) is 0.719. The molecule has 0 radical (unpaired) electrons. The molecule has 0 aromatic carbocycles. The van der Waals surface area contributed by atoms with Gasteiger partial charge in [-0.15, -0.1) is 0 Å². The van der Waals surface area contributed by atoms with Crippen molar-refractivity contribution in [3.8, 4) is 0 Å². The molecule has 0 atom stereocenters. The molecule has 0 unspecified atom stereocenters. The van der Waals surface area contributed by atoms with Gasteiger partial charge in [0, 0.05) is 57.1 Å². The standard InChI is InChI=1S/C18H29N5O/c1-18(7-3-2-4-8-18)23(17-20-9-5-10-21-17)16(24)6-13-22-14-11-19-12-15-22/h5,9-10,19H,2-4,6-8,11-15H2,1H3. The van der Waals surface area contributed by atoms with Crippen LogP contribution in [-0.4, -0.2) is 59.0 Å². The average molecular weight is 331 g/mol. The van der Waals surface area contributed by atoms with Crippen molar-refractivity contribution in [3.63, 3.8) is 0 Å². The van der Waals surface area contributed by atoms with Crippen LogP contribution in [0.1, 0.15) is 45.4 Å². The van der Waals surface area contributed by atoms with Crippen molar-refractivity contribution in [3.05, 3.63) is 18.5 Å². The van der Waals surface area contributed by atoms with E-state index in [1.165, 1.54) is 19.3 Å². The molecule has 2 fully saturated rings. The zero-order chi connectivity index (χ0) is 16.8. The van der Waals surface area contributed by atoms with Gasteiger partial charge >= 0.3 is 0 Å².